The molecular formula is C11H18N2O2S2. The molecule has 17 heavy (non-hydrogen) atoms. The summed E-state index contributed by atoms with van der Waals surface area (Å²) in [5.74, 6) is 0. The molecule has 0 amide bonds. The van der Waals surface area contributed by atoms with Crippen LogP contribution in [0.15, 0.2) is 23.1 Å². The third kappa shape index (κ3) is 3.62. The zero-order valence-electron chi connectivity index (χ0n) is 10.2. The normalized spacial score (nSPS) is 13.6. The SMILES string of the molecule is CSC(C)CNS(=O)(=O)c1c(C)cccc1N. The van der Waals surface area contributed by atoms with E-state index in [0.29, 0.717) is 12.1 Å². The average Bonchev–Trinajstić information content (AvgIpc) is 2.25. The molecule has 1 aromatic rings. The molecule has 0 spiro atoms. The number of anilines is 1. The van der Waals surface area contributed by atoms with Crippen molar-refractivity contribution in [3.8, 4) is 0 Å². The van der Waals surface area contributed by atoms with Crippen LogP contribution in [0.4, 0.5) is 5.69 Å². The van der Waals surface area contributed by atoms with Crippen LogP contribution in [-0.2, 0) is 10.0 Å². The highest BCUT2D eigenvalue weighted by molar-refractivity contribution is 7.99. The average molecular weight is 274 g/mol. The fourth-order valence-electron chi connectivity index (χ4n) is 1.42. The summed E-state index contributed by atoms with van der Waals surface area (Å²) in [6, 6.07) is 5.08. The van der Waals surface area contributed by atoms with Gasteiger partial charge >= 0.3 is 0 Å². The molecular weight excluding hydrogens is 256 g/mol. The number of rotatable bonds is 5. The van der Waals surface area contributed by atoms with Crippen molar-refractivity contribution in [2.24, 2.45) is 0 Å². The molecule has 1 aromatic carbocycles. The molecule has 0 aliphatic rings. The predicted octanol–water partition coefficient (Wildman–Crippen LogP) is 1.61. The summed E-state index contributed by atoms with van der Waals surface area (Å²) in [6.07, 6.45) is 1.95. The Labute approximate surface area is 107 Å². The molecule has 0 heterocycles. The number of sulfonamides is 1. The summed E-state index contributed by atoms with van der Waals surface area (Å²) in [5.41, 5.74) is 6.67. The van der Waals surface area contributed by atoms with Crippen LogP contribution in [-0.4, -0.2) is 26.5 Å². The standard InChI is InChI=1S/C11H18N2O2S2/c1-8-5-4-6-10(12)11(8)17(14,15)13-7-9(2)16-3/h4-6,9,13H,7,12H2,1-3H3. The lowest BCUT2D eigenvalue weighted by atomic mass is 10.2. The molecule has 0 fully saturated rings. The molecule has 4 nitrogen and oxygen atoms in total. The Kier molecular flexibility index (Phi) is 4.85. The van der Waals surface area contributed by atoms with Crippen molar-refractivity contribution < 1.29 is 8.42 Å². The lowest BCUT2D eigenvalue weighted by Gasteiger charge is -2.13. The van der Waals surface area contributed by atoms with Gasteiger partial charge in [-0.2, -0.15) is 11.8 Å². The van der Waals surface area contributed by atoms with E-state index in [9.17, 15) is 8.42 Å². The van der Waals surface area contributed by atoms with Gasteiger partial charge in [0, 0.05) is 11.8 Å². The van der Waals surface area contributed by atoms with Gasteiger partial charge in [-0.1, -0.05) is 19.1 Å². The Morgan fingerprint density at radius 2 is 2.12 bits per heavy atom. The predicted molar refractivity (Wildman–Crippen MR) is 73.8 cm³/mol. The molecule has 1 rings (SSSR count). The van der Waals surface area contributed by atoms with Crippen LogP contribution < -0.4 is 10.5 Å². The van der Waals surface area contributed by atoms with Crippen LogP contribution in [0.1, 0.15) is 12.5 Å². The molecule has 0 aliphatic heterocycles. The highest BCUT2D eigenvalue weighted by Crippen LogP contribution is 2.22. The summed E-state index contributed by atoms with van der Waals surface area (Å²) >= 11 is 1.61. The summed E-state index contributed by atoms with van der Waals surface area (Å²) < 4.78 is 26.8. The van der Waals surface area contributed by atoms with Gasteiger partial charge in [0.15, 0.2) is 0 Å². The van der Waals surface area contributed by atoms with E-state index in [4.69, 9.17) is 5.73 Å². The first kappa shape index (κ1) is 14.3. The van der Waals surface area contributed by atoms with Crippen LogP contribution in [0.3, 0.4) is 0 Å². The zero-order chi connectivity index (χ0) is 13.1. The molecule has 0 aromatic heterocycles. The first-order chi connectivity index (χ1) is 7.88. The van der Waals surface area contributed by atoms with Gasteiger partial charge in [-0.15, -0.1) is 0 Å². The smallest absolute Gasteiger partial charge is 0.242 e. The largest absolute Gasteiger partial charge is 0.398 e. The van der Waals surface area contributed by atoms with Crippen LogP contribution in [0.2, 0.25) is 0 Å². The Morgan fingerprint density at radius 3 is 2.65 bits per heavy atom. The first-order valence-corrected chi connectivity index (χ1v) is 8.03. The number of nitrogens with two attached hydrogens (primary N) is 1. The number of hydrogen-bond donors (Lipinski definition) is 2. The summed E-state index contributed by atoms with van der Waals surface area (Å²) in [5, 5.41) is 0.231. The highest BCUT2D eigenvalue weighted by Gasteiger charge is 2.19. The first-order valence-electron chi connectivity index (χ1n) is 5.26. The van der Waals surface area contributed by atoms with Crippen molar-refractivity contribution in [1.82, 2.24) is 4.72 Å². The van der Waals surface area contributed by atoms with Crippen molar-refractivity contribution in [1.29, 1.82) is 0 Å². The number of hydrogen-bond acceptors (Lipinski definition) is 4. The number of nitrogens with one attached hydrogen (secondary N) is 1. The number of aryl methyl sites for hydroxylation is 1. The van der Waals surface area contributed by atoms with Gasteiger partial charge in [0.2, 0.25) is 10.0 Å². The van der Waals surface area contributed by atoms with E-state index in [0.717, 1.165) is 0 Å². The Bertz CT molecular complexity index is 466. The highest BCUT2D eigenvalue weighted by atomic mass is 32.2. The molecule has 0 saturated heterocycles. The number of nitrogen functional groups attached to an aromatic ring is 1. The Hall–Kier alpha value is -0.720. The van der Waals surface area contributed by atoms with Crippen molar-refractivity contribution in [3.63, 3.8) is 0 Å². The molecule has 1 atom stereocenters. The Balaban J connectivity index is 2.98. The van der Waals surface area contributed by atoms with E-state index in [1.807, 2.05) is 13.2 Å². The fourth-order valence-corrected chi connectivity index (χ4v) is 3.26. The second-order valence-corrected chi connectivity index (χ2v) is 6.87. The minimum atomic E-state index is -3.52. The van der Waals surface area contributed by atoms with Gasteiger partial charge in [0.1, 0.15) is 4.90 Å². The fraction of sp³-hybridized carbons (Fsp3) is 0.455. The minimum absolute atomic E-state index is 0.188. The minimum Gasteiger partial charge on any atom is -0.398 e. The van der Waals surface area contributed by atoms with Gasteiger partial charge in [0.05, 0.1) is 5.69 Å². The summed E-state index contributed by atoms with van der Waals surface area (Å²) in [6.45, 7) is 4.11. The van der Waals surface area contributed by atoms with Crippen molar-refractivity contribution in [2.75, 3.05) is 18.5 Å². The maximum Gasteiger partial charge on any atom is 0.242 e. The molecule has 0 aliphatic carbocycles. The maximum absolute atomic E-state index is 12.1. The van der Waals surface area contributed by atoms with E-state index >= 15 is 0 Å². The second kappa shape index (κ2) is 5.75. The number of benzene rings is 1. The molecule has 3 N–H and O–H groups in total. The van der Waals surface area contributed by atoms with E-state index in [1.54, 1.807) is 36.9 Å². The third-order valence-electron chi connectivity index (χ3n) is 2.47. The van der Waals surface area contributed by atoms with Crippen LogP contribution in [0, 0.1) is 6.92 Å². The molecule has 0 saturated carbocycles. The van der Waals surface area contributed by atoms with Gasteiger partial charge in [0.25, 0.3) is 0 Å². The lowest BCUT2D eigenvalue weighted by molar-refractivity contribution is 0.581. The van der Waals surface area contributed by atoms with Gasteiger partial charge < -0.3 is 5.73 Å². The van der Waals surface area contributed by atoms with Gasteiger partial charge in [-0.25, -0.2) is 13.1 Å². The van der Waals surface area contributed by atoms with Crippen molar-refractivity contribution in [3.05, 3.63) is 23.8 Å². The molecule has 0 radical (unpaired) electrons. The number of thioether (sulfide) groups is 1. The van der Waals surface area contributed by atoms with E-state index in [1.165, 1.54) is 0 Å². The van der Waals surface area contributed by atoms with Gasteiger partial charge in [-0.3, -0.25) is 0 Å². The molecule has 6 heteroatoms. The Morgan fingerprint density at radius 1 is 1.47 bits per heavy atom. The van der Waals surface area contributed by atoms with Crippen LogP contribution in [0.25, 0.3) is 0 Å². The second-order valence-electron chi connectivity index (χ2n) is 3.89. The quantitative estimate of drug-likeness (QED) is 0.800. The zero-order valence-corrected chi connectivity index (χ0v) is 11.9. The van der Waals surface area contributed by atoms with E-state index in [2.05, 4.69) is 4.72 Å². The third-order valence-corrected chi connectivity index (χ3v) is 5.09. The summed E-state index contributed by atoms with van der Waals surface area (Å²) in [4.78, 5) is 0.188. The van der Waals surface area contributed by atoms with E-state index in [-0.39, 0.29) is 15.8 Å². The lowest BCUT2D eigenvalue weighted by Crippen LogP contribution is -2.30. The molecule has 96 valence electrons. The molecule has 1 unspecified atom stereocenters. The van der Waals surface area contributed by atoms with Crippen molar-refractivity contribution in [2.45, 2.75) is 24.0 Å². The molecule has 0 bridgehead atoms. The monoisotopic (exact) mass is 274 g/mol. The maximum atomic E-state index is 12.1. The van der Waals surface area contributed by atoms with Crippen LogP contribution >= 0.6 is 11.8 Å². The van der Waals surface area contributed by atoms with Crippen LogP contribution in [0.5, 0.6) is 0 Å². The topological polar surface area (TPSA) is 72.2 Å². The van der Waals surface area contributed by atoms with E-state index < -0.39 is 10.0 Å². The van der Waals surface area contributed by atoms with Gasteiger partial charge in [-0.05, 0) is 24.8 Å². The van der Waals surface area contributed by atoms with Crippen molar-refractivity contribution >= 4 is 27.5 Å². The summed E-state index contributed by atoms with van der Waals surface area (Å²) in [7, 11) is -3.52.